The Morgan fingerprint density at radius 2 is 1.87 bits per heavy atom. The Labute approximate surface area is 134 Å². The SMILES string of the molecule is CN1OC[C@@H](S(=O)(=O)N2CCCCC2)[C@@H]1c1cccc(F)c1F. The molecule has 0 spiro atoms. The second-order valence-corrected chi connectivity index (χ2v) is 8.12. The summed E-state index contributed by atoms with van der Waals surface area (Å²) in [6, 6.07) is 2.94. The first-order valence-corrected chi connectivity index (χ1v) is 9.22. The fourth-order valence-corrected chi connectivity index (χ4v) is 5.33. The zero-order chi connectivity index (χ0) is 16.6. The highest BCUT2D eigenvalue weighted by molar-refractivity contribution is 7.89. The van der Waals surface area contributed by atoms with Crippen LogP contribution in [0.5, 0.6) is 0 Å². The Bertz CT molecular complexity index is 677. The van der Waals surface area contributed by atoms with E-state index in [1.807, 2.05) is 0 Å². The topological polar surface area (TPSA) is 49.9 Å². The van der Waals surface area contributed by atoms with E-state index in [1.165, 1.54) is 21.5 Å². The van der Waals surface area contributed by atoms with E-state index >= 15 is 0 Å². The molecule has 2 heterocycles. The van der Waals surface area contributed by atoms with Gasteiger partial charge in [-0.15, -0.1) is 0 Å². The van der Waals surface area contributed by atoms with Crippen LogP contribution in [0.4, 0.5) is 8.78 Å². The quantitative estimate of drug-likeness (QED) is 0.841. The van der Waals surface area contributed by atoms with Gasteiger partial charge in [0.1, 0.15) is 5.25 Å². The number of sulfonamides is 1. The average Bonchev–Trinajstić information content (AvgIpc) is 2.93. The largest absolute Gasteiger partial charge is 0.297 e. The van der Waals surface area contributed by atoms with E-state index in [0.717, 1.165) is 25.3 Å². The van der Waals surface area contributed by atoms with Gasteiger partial charge >= 0.3 is 0 Å². The molecule has 0 amide bonds. The summed E-state index contributed by atoms with van der Waals surface area (Å²) in [5, 5.41) is 0.367. The van der Waals surface area contributed by atoms with E-state index in [9.17, 15) is 17.2 Å². The number of rotatable bonds is 3. The Kier molecular flexibility index (Phi) is 4.68. The summed E-state index contributed by atoms with van der Waals surface area (Å²) < 4.78 is 55.0. The molecule has 2 fully saturated rings. The lowest BCUT2D eigenvalue weighted by molar-refractivity contribution is -0.111. The van der Waals surface area contributed by atoms with Gasteiger partial charge in [-0.25, -0.2) is 21.5 Å². The average molecular weight is 346 g/mol. The van der Waals surface area contributed by atoms with E-state index < -0.39 is 32.9 Å². The molecule has 2 saturated heterocycles. The van der Waals surface area contributed by atoms with Crippen LogP contribution in [0.3, 0.4) is 0 Å². The van der Waals surface area contributed by atoms with Gasteiger partial charge in [-0.3, -0.25) is 4.84 Å². The molecule has 0 bridgehead atoms. The van der Waals surface area contributed by atoms with Crippen LogP contribution in [0.25, 0.3) is 0 Å². The molecular formula is C15H20F2N2O3S. The Hall–Kier alpha value is -1.09. The summed E-state index contributed by atoms with van der Waals surface area (Å²) in [5.74, 6) is -2.01. The maximum atomic E-state index is 14.2. The molecule has 2 atom stereocenters. The third kappa shape index (κ3) is 3.00. The minimum absolute atomic E-state index is 0.00980. The number of benzene rings is 1. The maximum absolute atomic E-state index is 14.2. The number of piperidine rings is 1. The summed E-state index contributed by atoms with van der Waals surface area (Å²) in [4.78, 5) is 5.34. The smallest absolute Gasteiger partial charge is 0.221 e. The zero-order valence-electron chi connectivity index (χ0n) is 12.9. The third-order valence-electron chi connectivity index (χ3n) is 4.54. The van der Waals surface area contributed by atoms with E-state index in [4.69, 9.17) is 4.84 Å². The normalized spacial score (nSPS) is 27.4. The molecular weight excluding hydrogens is 326 g/mol. The highest BCUT2D eigenvalue weighted by Crippen LogP contribution is 2.37. The fraction of sp³-hybridized carbons (Fsp3) is 0.600. The minimum atomic E-state index is -3.64. The lowest BCUT2D eigenvalue weighted by Crippen LogP contribution is -2.44. The third-order valence-corrected chi connectivity index (χ3v) is 6.79. The molecule has 8 heteroatoms. The van der Waals surface area contributed by atoms with Crippen molar-refractivity contribution in [1.82, 2.24) is 9.37 Å². The molecule has 0 aliphatic carbocycles. The molecule has 23 heavy (non-hydrogen) atoms. The van der Waals surface area contributed by atoms with Crippen molar-refractivity contribution in [2.24, 2.45) is 0 Å². The molecule has 1 aromatic rings. The molecule has 0 radical (unpaired) electrons. The fourth-order valence-electron chi connectivity index (χ4n) is 3.30. The van der Waals surface area contributed by atoms with Gasteiger partial charge in [0.2, 0.25) is 10.0 Å². The van der Waals surface area contributed by atoms with Crippen LogP contribution >= 0.6 is 0 Å². The second-order valence-electron chi connectivity index (χ2n) is 5.97. The lowest BCUT2D eigenvalue weighted by Gasteiger charge is -2.31. The molecule has 0 saturated carbocycles. The predicted molar refractivity (Wildman–Crippen MR) is 80.9 cm³/mol. The van der Waals surface area contributed by atoms with E-state index in [0.29, 0.717) is 13.1 Å². The van der Waals surface area contributed by atoms with Gasteiger partial charge in [-0.1, -0.05) is 18.6 Å². The van der Waals surface area contributed by atoms with Crippen molar-refractivity contribution in [3.05, 3.63) is 35.4 Å². The van der Waals surface area contributed by atoms with Crippen molar-refractivity contribution in [3.63, 3.8) is 0 Å². The number of nitrogens with zero attached hydrogens (tertiary/aromatic N) is 2. The van der Waals surface area contributed by atoms with Gasteiger partial charge < -0.3 is 0 Å². The van der Waals surface area contributed by atoms with Gasteiger partial charge in [0, 0.05) is 25.7 Å². The van der Waals surface area contributed by atoms with Gasteiger partial charge in [-0.05, 0) is 18.9 Å². The molecule has 3 rings (SSSR count). The number of hydroxylamine groups is 2. The van der Waals surface area contributed by atoms with Crippen molar-refractivity contribution in [2.45, 2.75) is 30.6 Å². The molecule has 0 unspecified atom stereocenters. The first kappa shape index (κ1) is 16.8. The van der Waals surface area contributed by atoms with Crippen LogP contribution in [0.15, 0.2) is 18.2 Å². The van der Waals surface area contributed by atoms with Gasteiger partial charge in [0.25, 0.3) is 0 Å². The molecule has 0 N–H and O–H groups in total. The zero-order valence-corrected chi connectivity index (χ0v) is 13.7. The summed E-state index contributed by atoms with van der Waals surface area (Å²) in [6.07, 6.45) is 2.65. The Morgan fingerprint density at radius 3 is 2.57 bits per heavy atom. The Balaban J connectivity index is 1.96. The summed E-state index contributed by atoms with van der Waals surface area (Å²) in [5.41, 5.74) is 0.00980. The highest BCUT2D eigenvalue weighted by atomic mass is 32.2. The molecule has 0 aromatic heterocycles. The van der Waals surface area contributed by atoms with Crippen LogP contribution < -0.4 is 0 Å². The standard InChI is InChI=1S/C15H20F2N2O3S/c1-18-15(11-6-5-7-12(16)14(11)17)13(10-22-18)23(20,21)19-8-3-2-4-9-19/h5-7,13,15H,2-4,8-10H2,1H3/t13-,15+/m1/s1. The van der Waals surface area contributed by atoms with Crippen molar-refractivity contribution < 1.29 is 22.0 Å². The molecule has 128 valence electrons. The van der Waals surface area contributed by atoms with E-state index in [-0.39, 0.29) is 12.2 Å². The van der Waals surface area contributed by atoms with Crippen molar-refractivity contribution in [3.8, 4) is 0 Å². The summed E-state index contributed by atoms with van der Waals surface area (Å²) in [7, 11) is -2.10. The van der Waals surface area contributed by atoms with Crippen LogP contribution in [0.1, 0.15) is 30.9 Å². The minimum Gasteiger partial charge on any atom is -0.297 e. The lowest BCUT2D eigenvalue weighted by atomic mass is 10.0. The van der Waals surface area contributed by atoms with Crippen LogP contribution in [-0.4, -0.2) is 49.8 Å². The monoisotopic (exact) mass is 346 g/mol. The first-order valence-electron chi connectivity index (χ1n) is 7.71. The molecule has 5 nitrogen and oxygen atoms in total. The van der Waals surface area contributed by atoms with Crippen LogP contribution in [0.2, 0.25) is 0 Å². The van der Waals surface area contributed by atoms with Gasteiger partial charge in [0.15, 0.2) is 11.6 Å². The van der Waals surface area contributed by atoms with Crippen molar-refractivity contribution >= 4 is 10.0 Å². The molecule has 1 aromatic carbocycles. The summed E-state index contributed by atoms with van der Waals surface area (Å²) >= 11 is 0. The summed E-state index contributed by atoms with van der Waals surface area (Å²) in [6.45, 7) is 0.887. The number of hydrogen-bond acceptors (Lipinski definition) is 4. The van der Waals surface area contributed by atoms with E-state index in [1.54, 1.807) is 7.05 Å². The van der Waals surface area contributed by atoms with Crippen LogP contribution in [-0.2, 0) is 14.9 Å². The number of hydrogen-bond donors (Lipinski definition) is 0. The van der Waals surface area contributed by atoms with Gasteiger partial charge in [0.05, 0.1) is 12.6 Å². The Morgan fingerprint density at radius 1 is 1.17 bits per heavy atom. The van der Waals surface area contributed by atoms with E-state index in [2.05, 4.69) is 0 Å². The first-order chi connectivity index (χ1) is 10.9. The van der Waals surface area contributed by atoms with Crippen molar-refractivity contribution in [2.75, 3.05) is 26.7 Å². The maximum Gasteiger partial charge on any atom is 0.221 e. The number of halogens is 2. The predicted octanol–water partition coefficient (Wildman–Crippen LogP) is 2.07. The highest BCUT2D eigenvalue weighted by Gasteiger charge is 2.47. The molecule has 2 aliphatic rings. The molecule has 2 aliphatic heterocycles. The second kappa shape index (κ2) is 6.43. The van der Waals surface area contributed by atoms with Crippen LogP contribution in [0, 0.1) is 11.6 Å². The van der Waals surface area contributed by atoms with Gasteiger partial charge in [-0.2, -0.15) is 5.06 Å². The van der Waals surface area contributed by atoms with Crippen molar-refractivity contribution in [1.29, 1.82) is 0 Å².